The fourth-order valence-corrected chi connectivity index (χ4v) is 3.34. The van der Waals surface area contributed by atoms with Crippen LogP contribution in [0.15, 0.2) is 54.6 Å². The van der Waals surface area contributed by atoms with Crippen LogP contribution < -0.4 is 16.1 Å². The van der Waals surface area contributed by atoms with E-state index in [4.69, 9.17) is 5.21 Å². The number of hydrogen-bond donors (Lipinski definition) is 4. The zero-order valence-electron chi connectivity index (χ0n) is 16.1. The minimum atomic E-state index is -0.579. The highest BCUT2D eigenvalue weighted by Gasteiger charge is 2.21. The molecule has 7 heteroatoms. The second-order valence-corrected chi connectivity index (χ2v) is 6.93. The van der Waals surface area contributed by atoms with Gasteiger partial charge in [-0.15, -0.1) is 12.4 Å². The quantitative estimate of drug-likeness (QED) is 0.307. The van der Waals surface area contributed by atoms with Gasteiger partial charge in [0.25, 0.3) is 5.91 Å². The molecule has 0 bridgehead atoms. The average molecular weight is 416 g/mol. The van der Waals surface area contributed by atoms with Gasteiger partial charge in [0.2, 0.25) is 5.91 Å². The zero-order valence-corrected chi connectivity index (χ0v) is 16.9. The van der Waals surface area contributed by atoms with Gasteiger partial charge in [-0.3, -0.25) is 14.8 Å². The van der Waals surface area contributed by atoms with Crippen molar-refractivity contribution in [2.75, 3.05) is 10.6 Å². The van der Waals surface area contributed by atoms with Gasteiger partial charge in [-0.05, 0) is 48.7 Å². The predicted molar refractivity (Wildman–Crippen MR) is 118 cm³/mol. The van der Waals surface area contributed by atoms with E-state index in [2.05, 4.69) is 10.6 Å². The number of rotatable bonds is 6. The molecule has 0 atom stereocenters. The molecule has 2 aromatic carbocycles. The van der Waals surface area contributed by atoms with Gasteiger partial charge < -0.3 is 10.6 Å². The first-order valence-electron chi connectivity index (χ1n) is 9.55. The molecule has 1 aliphatic carbocycles. The lowest BCUT2D eigenvalue weighted by atomic mass is 9.88. The van der Waals surface area contributed by atoms with E-state index in [1.165, 1.54) is 12.5 Å². The third kappa shape index (κ3) is 6.62. The molecule has 1 aliphatic rings. The van der Waals surface area contributed by atoms with E-state index in [1.807, 2.05) is 48.5 Å². The molecule has 6 nitrogen and oxygen atoms in total. The van der Waals surface area contributed by atoms with Crippen LogP contribution in [0.25, 0.3) is 6.08 Å². The van der Waals surface area contributed by atoms with Crippen LogP contribution in [0.5, 0.6) is 0 Å². The van der Waals surface area contributed by atoms with Gasteiger partial charge in [0.15, 0.2) is 0 Å². The van der Waals surface area contributed by atoms with Crippen molar-refractivity contribution in [3.63, 3.8) is 0 Å². The number of benzene rings is 2. The summed E-state index contributed by atoms with van der Waals surface area (Å²) in [4.78, 5) is 23.6. The number of hydroxylamine groups is 1. The Bertz CT molecular complexity index is 847. The summed E-state index contributed by atoms with van der Waals surface area (Å²) in [5.74, 6) is -0.384. The first-order chi connectivity index (χ1) is 13.7. The number of carbonyl (C=O) groups excluding carboxylic acids is 2. The second kappa shape index (κ2) is 11.2. The third-order valence-electron chi connectivity index (χ3n) is 4.89. The van der Waals surface area contributed by atoms with Gasteiger partial charge in [0.1, 0.15) is 0 Å². The minimum Gasteiger partial charge on any atom is -0.354 e. The Hall–Kier alpha value is -2.83. The minimum absolute atomic E-state index is 0. The van der Waals surface area contributed by atoms with Gasteiger partial charge in [0.05, 0.1) is 11.4 Å². The SMILES string of the molecule is Cl.O=C(C=Cc1ccc(Nc2ccccc2NC(=O)C2CCCCC2)cc1)NO. The lowest BCUT2D eigenvalue weighted by molar-refractivity contribution is -0.124. The highest BCUT2D eigenvalue weighted by molar-refractivity contribution is 5.96. The lowest BCUT2D eigenvalue weighted by Crippen LogP contribution is -2.25. The van der Waals surface area contributed by atoms with Crippen LogP contribution >= 0.6 is 12.4 Å². The Balaban J connectivity index is 0.00000300. The maximum absolute atomic E-state index is 12.6. The Morgan fingerprint density at radius 1 is 0.931 bits per heavy atom. The monoisotopic (exact) mass is 415 g/mol. The van der Waals surface area contributed by atoms with Crippen LogP contribution in [-0.2, 0) is 9.59 Å². The topological polar surface area (TPSA) is 90.5 Å². The van der Waals surface area contributed by atoms with E-state index in [-0.39, 0.29) is 24.2 Å². The van der Waals surface area contributed by atoms with Gasteiger partial charge >= 0.3 is 0 Å². The summed E-state index contributed by atoms with van der Waals surface area (Å²) in [6.07, 6.45) is 8.25. The Morgan fingerprint density at radius 2 is 1.59 bits per heavy atom. The first kappa shape index (κ1) is 22.5. The molecule has 0 unspecified atom stereocenters. The van der Waals surface area contributed by atoms with E-state index < -0.39 is 5.91 Å². The lowest BCUT2D eigenvalue weighted by Gasteiger charge is -2.21. The summed E-state index contributed by atoms with van der Waals surface area (Å²) in [7, 11) is 0. The molecule has 3 rings (SSSR count). The number of nitrogens with one attached hydrogen (secondary N) is 3. The molecular formula is C22H26ClN3O3. The standard InChI is InChI=1S/C22H25N3O3.ClH/c26-21(25-28)15-12-16-10-13-18(14-11-16)23-19-8-4-5-9-20(19)24-22(27)17-6-2-1-3-7-17;/h4-5,8-15,17,23,28H,1-3,6-7H2,(H,24,27)(H,25,26);1H. The van der Waals surface area contributed by atoms with Gasteiger partial charge in [-0.25, -0.2) is 5.48 Å². The highest BCUT2D eigenvalue weighted by Crippen LogP contribution is 2.29. The number of amides is 2. The number of hydrogen-bond acceptors (Lipinski definition) is 4. The third-order valence-corrected chi connectivity index (χ3v) is 4.89. The largest absolute Gasteiger partial charge is 0.354 e. The molecule has 2 amide bonds. The summed E-state index contributed by atoms with van der Waals surface area (Å²) in [5.41, 5.74) is 4.84. The normalized spacial score (nSPS) is 14.1. The molecule has 0 aromatic heterocycles. The molecule has 0 radical (unpaired) electrons. The molecule has 29 heavy (non-hydrogen) atoms. The van der Waals surface area contributed by atoms with Crippen LogP contribution in [0.1, 0.15) is 37.7 Å². The van der Waals surface area contributed by atoms with Gasteiger partial charge in [0, 0.05) is 17.7 Å². The summed E-state index contributed by atoms with van der Waals surface area (Å²) in [5, 5.41) is 14.9. The molecule has 1 fully saturated rings. The molecule has 0 saturated heterocycles. The van der Waals surface area contributed by atoms with E-state index in [1.54, 1.807) is 11.6 Å². The second-order valence-electron chi connectivity index (χ2n) is 6.93. The summed E-state index contributed by atoms with van der Waals surface area (Å²) in [6.45, 7) is 0. The predicted octanol–water partition coefficient (Wildman–Crippen LogP) is 4.89. The van der Waals surface area contributed by atoms with Crippen molar-refractivity contribution in [3.8, 4) is 0 Å². The van der Waals surface area contributed by atoms with Crippen molar-refractivity contribution >= 4 is 47.4 Å². The van der Waals surface area contributed by atoms with Crippen molar-refractivity contribution in [1.29, 1.82) is 0 Å². The Labute approximate surface area is 176 Å². The molecule has 0 heterocycles. The average Bonchev–Trinajstić information content (AvgIpc) is 2.75. The fraction of sp³-hybridized carbons (Fsp3) is 0.273. The molecule has 4 N–H and O–H groups in total. The van der Waals surface area contributed by atoms with Gasteiger partial charge in [-0.2, -0.15) is 0 Å². The maximum Gasteiger partial charge on any atom is 0.267 e. The van der Waals surface area contributed by atoms with Crippen LogP contribution in [0, 0.1) is 5.92 Å². The smallest absolute Gasteiger partial charge is 0.267 e. The van der Waals surface area contributed by atoms with E-state index in [9.17, 15) is 9.59 Å². The van der Waals surface area contributed by atoms with Crippen molar-refractivity contribution in [1.82, 2.24) is 5.48 Å². The summed E-state index contributed by atoms with van der Waals surface area (Å²) < 4.78 is 0. The summed E-state index contributed by atoms with van der Waals surface area (Å²) in [6, 6.07) is 15.1. The van der Waals surface area contributed by atoms with Crippen molar-refractivity contribution in [2.45, 2.75) is 32.1 Å². The molecule has 0 aliphatic heterocycles. The van der Waals surface area contributed by atoms with Crippen LogP contribution in [0.2, 0.25) is 0 Å². The maximum atomic E-state index is 12.6. The number of anilines is 3. The molecule has 1 saturated carbocycles. The first-order valence-corrected chi connectivity index (χ1v) is 9.55. The Kier molecular flexibility index (Phi) is 8.70. The van der Waals surface area contributed by atoms with Crippen LogP contribution in [0.4, 0.5) is 17.1 Å². The molecule has 2 aromatic rings. The number of halogens is 1. The van der Waals surface area contributed by atoms with Crippen molar-refractivity contribution < 1.29 is 14.8 Å². The summed E-state index contributed by atoms with van der Waals surface area (Å²) >= 11 is 0. The Morgan fingerprint density at radius 3 is 2.24 bits per heavy atom. The van der Waals surface area contributed by atoms with E-state index >= 15 is 0 Å². The van der Waals surface area contributed by atoms with Crippen molar-refractivity contribution in [3.05, 3.63) is 60.2 Å². The zero-order chi connectivity index (χ0) is 19.8. The van der Waals surface area contributed by atoms with Crippen LogP contribution in [0.3, 0.4) is 0 Å². The van der Waals surface area contributed by atoms with Crippen molar-refractivity contribution in [2.24, 2.45) is 5.92 Å². The van der Waals surface area contributed by atoms with Crippen LogP contribution in [-0.4, -0.2) is 17.0 Å². The number of para-hydroxylation sites is 2. The molecule has 0 spiro atoms. The fourth-order valence-electron chi connectivity index (χ4n) is 3.34. The van der Waals surface area contributed by atoms with E-state index in [0.29, 0.717) is 0 Å². The molecular weight excluding hydrogens is 390 g/mol. The molecule has 154 valence electrons. The number of carbonyl (C=O) groups is 2. The van der Waals surface area contributed by atoms with E-state index in [0.717, 1.165) is 48.3 Å². The highest BCUT2D eigenvalue weighted by atomic mass is 35.5. The van der Waals surface area contributed by atoms with Gasteiger partial charge in [-0.1, -0.05) is 43.5 Å².